The number of guanidine groups is 1. The smallest absolute Gasteiger partial charge is 0.266 e. The summed E-state index contributed by atoms with van der Waals surface area (Å²) in [6.07, 6.45) is 0. The van der Waals surface area contributed by atoms with Crippen LogP contribution in [0.25, 0.3) is 0 Å². The fraction of sp³-hybridized carbons (Fsp3) is 0.0952. The van der Waals surface area contributed by atoms with Crippen LogP contribution in [0.5, 0.6) is 17.2 Å². The highest BCUT2D eigenvalue weighted by Crippen LogP contribution is 2.38. The van der Waals surface area contributed by atoms with E-state index in [1.807, 2.05) is 0 Å². The van der Waals surface area contributed by atoms with Gasteiger partial charge in [0, 0.05) is 11.6 Å². The zero-order valence-electron chi connectivity index (χ0n) is 16.2. The number of sulfonamides is 1. The van der Waals surface area contributed by atoms with Crippen molar-refractivity contribution in [2.24, 2.45) is 4.99 Å². The van der Waals surface area contributed by atoms with E-state index >= 15 is 0 Å². The molecular weight excluding hydrogens is 445 g/mol. The highest BCUT2D eigenvalue weighted by Gasteiger charge is 2.29. The number of aliphatic imine (C=N–C) groups is 1. The Kier molecular flexibility index (Phi) is 5.71. The van der Waals surface area contributed by atoms with Crippen LogP contribution >= 0.6 is 11.6 Å². The zero-order chi connectivity index (χ0) is 22.0. The van der Waals surface area contributed by atoms with Gasteiger partial charge in [0.05, 0.1) is 18.7 Å². The van der Waals surface area contributed by atoms with Crippen molar-refractivity contribution in [1.82, 2.24) is 4.72 Å². The standard InChI is InChI=1S/C21H17ClFN3O4S/c1-29-18-11-14(23)10-9-13(18)12-24-21-25-20-17(30-16-6-3-2-5-15(16)22)7-4-8-19(20)31(27,28)26-21/h2-11H,12H2,1H3,(H2,24,25,26). The molecule has 3 aromatic carbocycles. The van der Waals surface area contributed by atoms with E-state index in [1.165, 1.54) is 31.4 Å². The lowest BCUT2D eigenvalue weighted by Gasteiger charge is -2.24. The maximum atomic E-state index is 13.4. The molecule has 0 spiro atoms. The molecule has 7 nitrogen and oxygen atoms in total. The predicted octanol–water partition coefficient (Wildman–Crippen LogP) is 4.54. The SMILES string of the molecule is COc1cc(F)ccc1CN=C1Nc2c(Oc3ccccc3Cl)cccc2S(=O)(=O)N1. The third kappa shape index (κ3) is 4.42. The molecule has 0 atom stereocenters. The number of para-hydroxylation sites is 2. The summed E-state index contributed by atoms with van der Waals surface area (Å²) in [6, 6.07) is 15.5. The first-order valence-electron chi connectivity index (χ1n) is 9.09. The second kappa shape index (κ2) is 8.44. The van der Waals surface area contributed by atoms with Gasteiger partial charge in [-0.3, -0.25) is 0 Å². The fourth-order valence-corrected chi connectivity index (χ4v) is 4.33. The first-order valence-corrected chi connectivity index (χ1v) is 11.0. The van der Waals surface area contributed by atoms with Crippen LogP contribution in [0.15, 0.2) is 70.6 Å². The van der Waals surface area contributed by atoms with Crippen LogP contribution in [0, 0.1) is 5.82 Å². The largest absolute Gasteiger partial charge is 0.496 e. The van der Waals surface area contributed by atoms with Crippen LogP contribution in [0.2, 0.25) is 5.02 Å². The number of halogens is 2. The van der Waals surface area contributed by atoms with Crippen molar-refractivity contribution in [2.45, 2.75) is 11.4 Å². The number of ether oxygens (including phenoxy) is 2. The van der Waals surface area contributed by atoms with Gasteiger partial charge in [0.2, 0.25) is 5.96 Å². The molecule has 4 rings (SSSR count). The van der Waals surface area contributed by atoms with E-state index in [9.17, 15) is 12.8 Å². The summed E-state index contributed by atoms with van der Waals surface area (Å²) < 4.78 is 52.3. The van der Waals surface area contributed by atoms with E-state index in [2.05, 4.69) is 15.0 Å². The topological polar surface area (TPSA) is 89.0 Å². The lowest BCUT2D eigenvalue weighted by atomic mass is 10.2. The number of fused-ring (bicyclic) bond motifs is 1. The van der Waals surface area contributed by atoms with E-state index in [0.29, 0.717) is 22.1 Å². The minimum Gasteiger partial charge on any atom is -0.496 e. The average Bonchev–Trinajstić information content (AvgIpc) is 2.74. The van der Waals surface area contributed by atoms with Gasteiger partial charge in [-0.2, -0.15) is 0 Å². The van der Waals surface area contributed by atoms with Crippen LogP contribution in [0.4, 0.5) is 10.1 Å². The average molecular weight is 462 g/mol. The summed E-state index contributed by atoms with van der Waals surface area (Å²) in [6.45, 7) is 0.0528. The molecule has 0 aliphatic carbocycles. The van der Waals surface area contributed by atoms with Gasteiger partial charge in [0.15, 0.2) is 5.75 Å². The molecule has 0 fully saturated rings. The molecule has 0 saturated heterocycles. The Balaban J connectivity index is 1.67. The molecule has 0 unspecified atom stereocenters. The van der Waals surface area contributed by atoms with Gasteiger partial charge >= 0.3 is 0 Å². The van der Waals surface area contributed by atoms with Gasteiger partial charge in [-0.1, -0.05) is 35.9 Å². The molecule has 0 saturated carbocycles. The molecule has 0 bridgehead atoms. The number of rotatable bonds is 5. The number of nitrogens with zero attached hydrogens (tertiary/aromatic N) is 1. The molecule has 160 valence electrons. The Hall–Kier alpha value is -3.30. The molecule has 1 heterocycles. The minimum absolute atomic E-state index is 0.00548. The Morgan fingerprint density at radius 2 is 1.81 bits per heavy atom. The van der Waals surface area contributed by atoms with E-state index in [0.717, 1.165) is 0 Å². The molecule has 3 aromatic rings. The fourth-order valence-electron chi connectivity index (χ4n) is 3.00. The molecule has 31 heavy (non-hydrogen) atoms. The summed E-state index contributed by atoms with van der Waals surface area (Å²) >= 11 is 6.16. The first-order chi connectivity index (χ1) is 14.9. The van der Waals surface area contributed by atoms with Gasteiger partial charge in [0.25, 0.3) is 10.0 Å². The number of nitrogens with one attached hydrogen (secondary N) is 2. The van der Waals surface area contributed by atoms with Crippen LogP contribution in [-0.2, 0) is 16.6 Å². The molecule has 10 heteroatoms. The van der Waals surface area contributed by atoms with Gasteiger partial charge in [-0.15, -0.1) is 0 Å². The summed E-state index contributed by atoms with van der Waals surface area (Å²) in [4.78, 5) is 4.29. The monoisotopic (exact) mass is 461 g/mol. The van der Waals surface area contributed by atoms with Gasteiger partial charge < -0.3 is 14.8 Å². The quantitative estimate of drug-likeness (QED) is 0.582. The third-order valence-corrected chi connectivity index (χ3v) is 6.16. The van der Waals surface area contributed by atoms with E-state index < -0.39 is 15.8 Å². The van der Waals surface area contributed by atoms with E-state index in [-0.39, 0.29) is 28.8 Å². The Bertz CT molecular complexity index is 1280. The molecule has 0 radical (unpaired) electrons. The predicted molar refractivity (Wildman–Crippen MR) is 116 cm³/mol. The van der Waals surface area contributed by atoms with Gasteiger partial charge in [-0.05, 0) is 30.3 Å². The van der Waals surface area contributed by atoms with E-state index in [1.54, 1.807) is 36.4 Å². The molecule has 1 aliphatic heterocycles. The normalized spacial score (nSPS) is 15.5. The second-order valence-electron chi connectivity index (χ2n) is 6.51. The van der Waals surface area contributed by atoms with Crippen LogP contribution in [-0.4, -0.2) is 21.5 Å². The van der Waals surface area contributed by atoms with Crippen molar-refractivity contribution in [1.29, 1.82) is 0 Å². The molecular formula is C21H17ClFN3O4S. The molecule has 0 amide bonds. The minimum atomic E-state index is -3.89. The number of methoxy groups -OCH3 is 1. The molecule has 0 aromatic heterocycles. The Morgan fingerprint density at radius 1 is 1.03 bits per heavy atom. The number of hydrogen-bond acceptors (Lipinski definition) is 5. The van der Waals surface area contributed by atoms with E-state index in [4.69, 9.17) is 21.1 Å². The van der Waals surface area contributed by atoms with Crippen molar-refractivity contribution in [3.63, 3.8) is 0 Å². The number of hydrogen-bond donors (Lipinski definition) is 2. The van der Waals surface area contributed by atoms with Crippen molar-refractivity contribution in [2.75, 3.05) is 12.4 Å². The van der Waals surface area contributed by atoms with Crippen LogP contribution < -0.4 is 19.5 Å². The van der Waals surface area contributed by atoms with Gasteiger partial charge in [0.1, 0.15) is 27.9 Å². The maximum absolute atomic E-state index is 13.4. The number of anilines is 1. The van der Waals surface area contributed by atoms with Gasteiger partial charge in [-0.25, -0.2) is 22.5 Å². The Morgan fingerprint density at radius 3 is 2.58 bits per heavy atom. The summed E-state index contributed by atoms with van der Waals surface area (Å²) in [7, 11) is -2.47. The highest BCUT2D eigenvalue weighted by atomic mass is 35.5. The van der Waals surface area contributed by atoms with Crippen molar-refractivity contribution >= 4 is 33.3 Å². The maximum Gasteiger partial charge on any atom is 0.266 e. The van der Waals surface area contributed by atoms with Crippen LogP contribution in [0.1, 0.15) is 5.56 Å². The third-order valence-electron chi connectivity index (χ3n) is 4.47. The van der Waals surface area contributed by atoms with Crippen molar-refractivity contribution in [3.8, 4) is 17.2 Å². The number of benzene rings is 3. The lowest BCUT2D eigenvalue weighted by Crippen LogP contribution is -2.40. The molecule has 1 aliphatic rings. The van der Waals surface area contributed by atoms with Crippen molar-refractivity contribution < 1.29 is 22.3 Å². The summed E-state index contributed by atoms with van der Waals surface area (Å²) in [5.74, 6) is 0.507. The van der Waals surface area contributed by atoms with Crippen molar-refractivity contribution in [3.05, 3.63) is 77.1 Å². The second-order valence-corrected chi connectivity index (χ2v) is 8.57. The first kappa shape index (κ1) is 21.0. The summed E-state index contributed by atoms with van der Waals surface area (Å²) in [5, 5.41) is 3.34. The Labute approximate surface area is 183 Å². The summed E-state index contributed by atoms with van der Waals surface area (Å²) in [5.41, 5.74) is 0.815. The lowest BCUT2D eigenvalue weighted by molar-refractivity contribution is 0.406. The van der Waals surface area contributed by atoms with Crippen LogP contribution in [0.3, 0.4) is 0 Å². The zero-order valence-corrected chi connectivity index (χ0v) is 17.8. The molecule has 2 N–H and O–H groups in total. The highest BCUT2D eigenvalue weighted by molar-refractivity contribution is 7.90.